The van der Waals surface area contributed by atoms with Gasteiger partial charge in [0.25, 0.3) is 0 Å². The average Bonchev–Trinajstić information content (AvgIpc) is 2.81. The first kappa shape index (κ1) is 32.7. The summed E-state index contributed by atoms with van der Waals surface area (Å²) in [6, 6.07) is 0. The van der Waals surface area contributed by atoms with Crippen LogP contribution in [-0.4, -0.2) is 25.2 Å². The number of unbranched alkanes of at least 4 members (excludes halogenated alkanes) is 13. The first-order chi connectivity index (χ1) is 16.5. The minimum absolute atomic E-state index is 0.272. The van der Waals surface area contributed by atoms with Crippen LogP contribution in [0.4, 0.5) is 0 Å². The van der Waals surface area contributed by atoms with Gasteiger partial charge in [0.05, 0.1) is 13.2 Å². The van der Waals surface area contributed by atoms with Gasteiger partial charge in [-0.15, -0.1) is 0 Å². The van der Waals surface area contributed by atoms with Gasteiger partial charge in [0.2, 0.25) is 0 Å². The highest BCUT2D eigenvalue weighted by atomic mass is 16.5. The molecule has 200 valence electrons. The molecule has 0 atom stereocenters. The molecule has 0 aromatic heterocycles. The summed E-state index contributed by atoms with van der Waals surface area (Å²) in [4.78, 5) is 26.1. The number of carbonyl (C=O) groups excluding carboxylic acids is 2. The molecular formula is C30H56O4. The van der Waals surface area contributed by atoms with Crippen molar-refractivity contribution in [2.75, 3.05) is 13.2 Å². The fraction of sp³-hybridized carbons (Fsp3) is 0.867. The first-order valence-electron chi connectivity index (χ1n) is 14.5. The van der Waals surface area contributed by atoms with Gasteiger partial charge in [0, 0.05) is 11.1 Å². The number of hydrogen-bond donors (Lipinski definition) is 0. The Kier molecular flexibility index (Phi) is 22.5. The number of ether oxygens (including phenoxy) is 2. The SMILES string of the molecule is CCCCCCCCOC(=O)C(CCCCCC)=C(CC(C)C)C(=O)OCCCCCCCC. The molecule has 0 aliphatic rings. The third kappa shape index (κ3) is 18.1. The molecule has 0 heterocycles. The minimum atomic E-state index is -0.315. The molecule has 0 amide bonds. The Balaban J connectivity index is 5.05. The fourth-order valence-corrected chi connectivity index (χ4v) is 4.11. The van der Waals surface area contributed by atoms with Crippen LogP contribution in [0.5, 0.6) is 0 Å². The molecule has 0 saturated heterocycles. The highest BCUT2D eigenvalue weighted by molar-refractivity contribution is 6.00. The summed E-state index contributed by atoms with van der Waals surface area (Å²) in [5, 5.41) is 0. The van der Waals surface area contributed by atoms with Crippen LogP contribution in [0.1, 0.15) is 150 Å². The van der Waals surface area contributed by atoms with Gasteiger partial charge in [-0.3, -0.25) is 0 Å². The highest BCUT2D eigenvalue weighted by Gasteiger charge is 2.24. The Morgan fingerprint density at radius 1 is 0.529 bits per heavy atom. The van der Waals surface area contributed by atoms with Crippen LogP contribution in [0.3, 0.4) is 0 Å². The predicted molar refractivity (Wildman–Crippen MR) is 144 cm³/mol. The second-order valence-corrected chi connectivity index (χ2v) is 10.2. The van der Waals surface area contributed by atoms with Crippen molar-refractivity contribution in [1.82, 2.24) is 0 Å². The minimum Gasteiger partial charge on any atom is -0.462 e. The number of carbonyl (C=O) groups is 2. The predicted octanol–water partition coefficient (Wildman–Crippen LogP) is 9.11. The van der Waals surface area contributed by atoms with Crippen molar-refractivity contribution in [2.24, 2.45) is 5.92 Å². The molecule has 4 nitrogen and oxygen atoms in total. The van der Waals surface area contributed by atoms with E-state index in [4.69, 9.17) is 9.47 Å². The van der Waals surface area contributed by atoms with Crippen LogP contribution in [0.2, 0.25) is 0 Å². The fourth-order valence-electron chi connectivity index (χ4n) is 4.11. The summed E-state index contributed by atoms with van der Waals surface area (Å²) in [7, 11) is 0. The lowest BCUT2D eigenvalue weighted by Gasteiger charge is -2.16. The summed E-state index contributed by atoms with van der Waals surface area (Å²) < 4.78 is 11.3. The Morgan fingerprint density at radius 3 is 1.35 bits per heavy atom. The molecule has 34 heavy (non-hydrogen) atoms. The van der Waals surface area contributed by atoms with E-state index < -0.39 is 0 Å². The molecule has 0 spiro atoms. The van der Waals surface area contributed by atoms with E-state index in [1.807, 2.05) is 0 Å². The number of rotatable bonds is 23. The van der Waals surface area contributed by atoms with E-state index in [-0.39, 0.29) is 17.9 Å². The van der Waals surface area contributed by atoms with Crippen LogP contribution < -0.4 is 0 Å². The van der Waals surface area contributed by atoms with Crippen LogP contribution in [-0.2, 0) is 19.1 Å². The molecule has 0 aromatic rings. The quantitative estimate of drug-likeness (QED) is 0.0831. The molecule has 0 aliphatic heterocycles. The number of esters is 2. The third-order valence-electron chi connectivity index (χ3n) is 6.21. The van der Waals surface area contributed by atoms with Gasteiger partial charge in [-0.25, -0.2) is 9.59 Å². The van der Waals surface area contributed by atoms with Crippen molar-refractivity contribution in [3.8, 4) is 0 Å². The second kappa shape index (κ2) is 23.4. The molecule has 0 unspecified atom stereocenters. The van der Waals surface area contributed by atoms with E-state index in [2.05, 4.69) is 34.6 Å². The van der Waals surface area contributed by atoms with Crippen molar-refractivity contribution in [3.63, 3.8) is 0 Å². The van der Waals surface area contributed by atoms with Crippen LogP contribution >= 0.6 is 0 Å². The van der Waals surface area contributed by atoms with Gasteiger partial charge in [0.15, 0.2) is 0 Å². The third-order valence-corrected chi connectivity index (χ3v) is 6.21. The summed E-state index contributed by atoms with van der Waals surface area (Å²) >= 11 is 0. The standard InChI is InChI=1S/C30H56O4/c1-6-9-12-15-17-20-23-33-29(31)27(22-19-14-11-8-3)28(25-26(4)5)30(32)34-24-21-18-16-13-10-7-2/h26H,6-25H2,1-5H3. The molecule has 0 aliphatic carbocycles. The van der Waals surface area contributed by atoms with Crippen LogP contribution in [0, 0.1) is 5.92 Å². The monoisotopic (exact) mass is 480 g/mol. The summed E-state index contributed by atoms with van der Waals surface area (Å²) in [6.07, 6.45) is 19.2. The van der Waals surface area contributed by atoms with Crippen molar-refractivity contribution >= 4 is 11.9 Å². The Bertz CT molecular complexity index is 536. The summed E-state index contributed by atoms with van der Waals surface area (Å²) in [5.74, 6) is -0.352. The second-order valence-electron chi connectivity index (χ2n) is 10.2. The van der Waals surface area contributed by atoms with Crippen LogP contribution in [0.25, 0.3) is 0 Å². The molecule has 0 aromatic carbocycles. The summed E-state index contributed by atoms with van der Waals surface area (Å²) in [6.45, 7) is 11.6. The smallest absolute Gasteiger partial charge is 0.334 e. The Labute approximate surface area is 211 Å². The van der Waals surface area contributed by atoms with Gasteiger partial charge in [-0.05, 0) is 38.0 Å². The molecule has 4 heteroatoms. The number of hydrogen-bond acceptors (Lipinski definition) is 4. The van der Waals surface area contributed by atoms with E-state index in [0.29, 0.717) is 37.2 Å². The molecular weight excluding hydrogens is 424 g/mol. The van der Waals surface area contributed by atoms with E-state index in [9.17, 15) is 9.59 Å². The van der Waals surface area contributed by atoms with Gasteiger partial charge in [-0.2, -0.15) is 0 Å². The lowest BCUT2D eigenvalue weighted by Crippen LogP contribution is -2.19. The van der Waals surface area contributed by atoms with Crippen molar-refractivity contribution in [2.45, 2.75) is 150 Å². The molecule has 0 rings (SSSR count). The van der Waals surface area contributed by atoms with E-state index in [0.717, 1.165) is 51.4 Å². The normalized spacial score (nSPS) is 12.1. The van der Waals surface area contributed by atoms with Gasteiger partial charge < -0.3 is 9.47 Å². The molecule has 0 radical (unpaired) electrons. The highest BCUT2D eigenvalue weighted by Crippen LogP contribution is 2.23. The van der Waals surface area contributed by atoms with Crippen LogP contribution in [0.15, 0.2) is 11.1 Å². The molecule has 0 fully saturated rings. The molecule has 0 saturated carbocycles. The topological polar surface area (TPSA) is 52.6 Å². The summed E-state index contributed by atoms with van der Waals surface area (Å²) in [5.41, 5.74) is 1.11. The maximum absolute atomic E-state index is 13.1. The van der Waals surface area contributed by atoms with E-state index in [1.165, 1.54) is 51.4 Å². The van der Waals surface area contributed by atoms with Crippen molar-refractivity contribution < 1.29 is 19.1 Å². The van der Waals surface area contributed by atoms with E-state index >= 15 is 0 Å². The average molecular weight is 481 g/mol. The maximum Gasteiger partial charge on any atom is 0.334 e. The van der Waals surface area contributed by atoms with Gasteiger partial charge in [0.1, 0.15) is 0 Å². The zero-order chi connectivity index (χ0) is 25.4. The first-order valence-corrected chi connectivity index (χ1v) is 14.5. The molecule has 0 bridgehead atoms. The Morgan fingerprint density at radius 2 is 0.912 bits per heavy atom. The maximum atomic E-state index is 13.1. The van der Waals surface area contributed by atoms with E-state index in [1.54, 1.807) is 0 Å². The molecule has 0 N–H and O–H groups in total. The van der Waals surface area contributed by atoms with Gasteiger partial charge in [-0.1, -0.05) is 118 Å². The zero-order valence-corrected chi connectivity index (χ0v) is 23.4. The zero-order valence-electron chi connectivity index (χ0n) is 23.4. The van der Waals surface area contributed by atoms with Crippen molar-refractivity contribution in [3.05, 3.63) is 11.1 Å². The van der Waals surface area contributed by atoms with Gasteiger partial charge >= 0.3 is 11.9 Å². The lowest BCUT2D eigenvalue weighted by atomic mass is 9.94. The van der Waals surface area contributed by atoms with Crippen molar-refractivity contribution in [1.29, 1.82) is 0 Å². The Hall–Kier alpha value is -1.32. The lowest BCUT2D eigenvalue weighted by molar-refractivity contribution is -0.142. The largest absolute Gasteiger partial charge is 0.462 e.